The Balaban J connectivity index is 1.46. The molecule has 1 unspecified atom stereocenters. The molecule has 3 aliphatic rings. The number of carbonyl (C=O) groups is 1. The summed E-state index contributed by atoms with van der Waals surface area (Å²) >= 11 is 6.07. The molecule has 0 aromatic heterocycles. The Morgan fingerprint density at radius 1 is 1.15 bits per heavy atom. The van der Waals surface area contributed by atoms with Crippen molar-refractivity contribution in [1.29, 1.82) is 0 Å². The van der Waals surface area contributed by atoms with Crippen molar-refractivity contribution in [2.45, 2.75) is 52.4 Å². The van der Waals surface area contributed by atoms with Gasteiger partial charge in [0.15, 0.2) is 0 Å². The van der Waals surface area contributed by atoms with Crippen molar-refractivity contribution in [2.24, 2.45) is 16.3 Å². The zero-order chi connectivity index (χ0) is 18.6. The summed E-state index contributed by atoms with van der Waals surface area (Å²) in [5.41, 5.74) is 1.23. The molecule has 1 fully saturated rings. The lowest BCUT2D eigenvalue weighted by molar-refractivity contribution is -0.129. The first-order chi connectivity index (χ1) is 12.6. The maximum Gasteiger partial charge on any atom is 0.251 e. The number of halogens is 1. The minimum absolute atomic E-state index is 0.0993. The van der Waals surface area contributed by atoms with Crippen LogP contribution in [0.4, 0.5) is 0 Å². The molecular formula is C21H32ClN3O. The Morgan fingerprint density at radius 2 is 1.88 bits per heavy atom. The van der Waals surface area contributed by atoms with E-state index in [0.29, 0.717) is 5.92 Å². The van der Waals surface area contributed by atoms with Gasteiger partial charge in [0.1, 0.15) is 0 Å². The number of piperazine rings is 1. The second-order valence-electron chi connectivity index (χ2n) is 7.92. The van der Waals surface area contributed by atoms with Gasteiger partial charge in [-0.1, -0.05) is 25.4 Å². The number of amides is 1. The summed E-state index contributed by atoms with van der Waals surface area (Å²) < 4.78 is 0. The zero-order valence-electron chi connectivity index (χ0n) is 16.2. The van der Waals surface area contributed by atoms with Crippen molar-refractivity contribution in [2.75, 3.05) is 32.7 Å². The third-order valence-electron chi connectivity index (χ3n) is 6.53. The third kappa shape index (κ3) is 4.40. The van der Waals surface area contributed by atoms with Crippen LogP contribution in [0.25, 0.3) is 0 Å². The lowest BCUT2D eigenvalue weighted by Gasteiger charge is -2.39. The van der Waals surface area contributed by atoms with Crippen LogP contribution >= 0.6 is 11.6 Å². The van der Waals surface area contributed by atoms with E-state index in [2.05, 4.69) is 34.7 Å². The standard InChI is InChI=1S/C21H32ClN3O/c1-3-21(4-2)15-17(16-23-20(21)26)9-10-24-11-13-25(14-12-24)19-7-5-18(22)6-8-19/h5,7,16-17H,3-4,6,8-15H2,1-2H3. The summed E-state index contributed by atoms with van der Waals surface area (Å²) in [4.78, 5) is 21.5. The summed E-state index contributed by atoms with van der Waals surface area (Å²) in [5, 5.41) is 0.968. The van der Waals surface area contributed by atoms with Crippen molar-refractivity contribution < 1.29 is 4.79 Å². The molecule has 1 aliphatic carbocycles. The fourth-order valence-electron chi connectivity index (χ4n) is 4.44. The van der Waals surface area contributed by atoms with Crippen LogP contribution in [0.5, 0.6) is 0 Å². The van der Waals surface area contributed by atoms with Crippen LogP contribution in [-0.2, 0) is 4.79 Å². The quantitative estimate of drug-likeness (QED) is 0.695. The molecule has 0 saturated carbocycles. The molecule has 0 radical (unpaired) electrons. The van der Waals surface area contributed by atoms with Crippen LogP contribution in [-0.4, -0.2) is 54.6 Å². The van der Waals surface area contributed by atoms with Gasteiger partial charge in [0, 0.05) is 43.1 Å². The number of hydrogen-bond acceptors (Lipinski definition) is 3. The van der Waals surface area contributed by atoms with Crippen molar-refractivity contribution in [3.63, 3.8) is 0 Å². The Kier molecular flexibility index (Phi) is 6.57. The van der Waals surface area contributed by atoms with E-state index in [1.807, 2.05) is 12.3 Å². The molecule has 1 amide bonds. The van der Waals surface area contributed by atoms with Gasteiger partial charge in [-0.3, -0.25) is 9.69 Å². The molecule has 4 nitrogen and oxygen atoms in total. The Labute approximate surface area is 163 Å². The Bertz CT molecular complexity index is 598. The normalized spacial score (nSPS) is 26.7. The second kappa shape index (κ2) is 8.71. The predicted octanol–water partition coefficient (Wildman–Crippen LogP) is 4.22. The van der Waals surface area contributed by atoms with Gasteiger partial charge in [0.05, 0.1) is 5.41 Å². The number of aliphatic imine (C=N–C) groups is 1. The summed E-state index contributed by atoms with van der Waals surface area (Å²) in [6.45, 7) is 9.79. The van der Waals surface area contributed by atoms with Gasteiger partial charge in [-0.15, -0.1) is 0 Å². The van der Waals surface area contributed by atoms with Gasteiger partial charge in [-0.25, -0.2) is 4.99 Å². The zero-order valence-corrected chi connectivity index (χ0v) is 17.0. The third-order valence-corrected chi connectivity index (χ3v) is 6.85. The minimum Gasteiger partial charge on any atom is -0.372 e. The van der Waals surface area contributed by atoms with E-state index in [9.17, 15) is 4.79 Å². The molecule has 1 saturated heterocycles. The van der Waals surface area contributed by atoms with E-state index in [1.54, 1.807) is 0 Å². The fourth-order valence-corrected chi connectivity index (χ4v) is 4.60. The lowest BCUT2D eigenvalue weighted by atomic mass is 9.72. The smallest absolute Gasteiger partial charge is 0.251 e. The first-order valence-corrected chi connectivity index (χ1v) is 10.6. The highest BCUT2D eigenvalue weighted by Gasteiger charge is 2.39. The SMILES string of the molecule is CCC1(CC)CC(CCN2CCN(C3=CC=C(Cl)CC3)CC2)C=NC1=O. The first-order valence-electron chi connectivity index (χ1n) is 10.2. The molecule has 0 N–H and O–H groups in total. The molecule has 5 heteroatoms. The van der Waals surface area contributed by atoms with E-state index >= 15 is 0 Å². The topological polar surface area (TPSA) is 35.9 Å². The van der Waals surface area contributed by atoms with Crippen LogP contribution in [0.3, 0.4) is 0 Å². The first kappa shape index (κ1) is 19.6. The van der Waals surface area contributed by atoms with Crippen molar-refractivity contribution in [3.05, 3.63) is 22.9 Å². The minimum atomic E-state index is -0.208. The van der Waals surface area contributed by atoms with Crippen LogP contribution in [0.2, 0.25) is 0 Å². The number of rotatable bonds is 6. The number of nitrogens with zero attached hydrogens (tertiary/aromatic N) is 3. The molecule has 0 aromatic rings. The molecule has 26 heavy (non-hydrogen) atoms. The molecule has 2 aliphatic heterocycles. The molecule has 144 valence electrons. The van der Waals surface area contributed by atoms with Crippen molar-refractivity contribution >= 4 is 23.7 Å². The van der Waals surface area contributed by atoms with Crippen LogP contribution in [0.15, 0.2) is 27.9 Å². The van der Waals surface area contributed by atoms with Gasteiger partial charge in [-0.2, -0.15) is 0 Å². The Morgan fingerprint density at radius 3 is 2.50 bits per heavy atom. The predicted molar refractivity (Wildman–Crippen MR) is 109 cm³/mol. The maximum atomic E-state index is 12.2. The van der Waals surface area contributed by atoms with Gasteiger partial charge >= 0.3 is 0 Å². The number of hydrogen-bond donors (Lipinski definition) is 0. The number of carbonyl (C=O) groups excluding carboxylic acids is 1. The summed E-state index contributed by atoms with van der Waals surface area (Å²) in [6, 6.07) is 0. The summed E-state index contributed by atoms with van der Waals surface area (Å²) in [7, 11) is 0. The highest BCUT2D eigenvalue weighted by molar-refractivity contribution is 6.29. The van der Waals surface area contributed by atoms with Gasteiger partial charge in [0.2, 0.25) is 0 Å². The average molecular weight is 378 g/mol. The molecule has 0 aromatic carbocycles. The van der Waals surface area contributed by atoms with Gasteiger partial charge < -0.3 is 4.90 Å². The maximum absolute atomic E-state index is 12.2. The van der Waals surface area contributed by atoms with Crippen LogP contribution in [0, 0.1) is 11.3 Å². The number of allylic oxidation sites excluding steroid dienone is 4. The fraction of sp³-hybridized carbons (Fsp3) is 0.714. The van der Waals surface area contributed by atoms with E-state index in [4.69, 9.17) is 11.6 Å². The average Bonchev–Trinajstić information content (AvgIpc) is 2.68. The molecule has 0 bridgehead atoms. The Hall–Kier alpha value is -1.13. The molecule has 3 rings (SSSR count). The van der Waals surface area contributed by atoms with Gasteiger partial charge in [0.25, 0.3) is 5.91 Å². The van der Waals surface area contributed by atoms with Crippen molar-refractivity contribution in [3.8, 4) is 0 Å². The van der Waals surface area contributed by atoms with E-state index < -0.39 is 0 Å². The van der Waals surface area contributed by atoms with E-state index in [-0.39, 0.29) is 11.3 Å². The monoisotopic (exact) mass is 377 g/mol. The largest absolute Gasteiger partial charge is 0.372 e. The van der Waals surface area contributed by atoms with Crippen molar-refractivity contribution in [1.82, 2.24) is 9.80 Å². The second-order valence-corrected chi connectivity index (χ2v) is 8.41. The lowest BCUT2D eigenvalue weighted by Crippen LogP contribution is -2.46. The molecule has 1 atom stereocenters. The summed E-state index contributed by atoms with van der Waals surface area (Å²) in [6.07, 6.45) is 12.1. The van der Waals surface area contributed by atoms with Gasteiger partial charge in [-0.05, 0) is 63.1 Å². The molecular weight excluding hydrogens is 346 g/mol. The molecule has 0 spiro atoms. The van der Waals surface area contributed by atoms with Crippen LogP contribution in [0.1, 0.15) is 52.4 Å². The van der Waals surface area contributed by atoms with Crippen LogP contribution < -0.4 is 0 Å². The highest BCUT2D eigenvalue weighted by Crippen LogP contribution is 2.38. The van der Waals surface area contributed by atoms with E-state index in [1.165, 1.54) is 5.70 Å². The van der Waals surface area contributed by atoms with E-state index in [0.717, 1.165) is 76.3 Å². The molecule has 2 heterocycles. The summed E-state index contributed by atoms with van der Waals surface area (Å²) in [5.74, 6) is 0.543. The highest BCUT2D eigenvalue weighted by atomic mass is 35.5.